The summed E-state index contributed by atoms with van der Waals surface area (Å²) in [5, 5.41) is 4.84. The first-order valence-electron chi connectivity index (χ1n) is 11.8. The third-order valence-electron chi connectivity index (χ3n) is 6.27. The van der Waals surface area contributed by atoms with Gasteiger partial charge in [0.05, 0.1) is 21.8 Å². The maximum atomic E-state index is 12.9. The summed E-state index contributed by atoms with van der Waals surface area (Å²) < 4.78 is 5.66. The van der Waals surface area contributed by atoms with Gasteiger partial charge in [0, 0.05) is 55.7 Å². The lowest BCUT2D eigenvalue weighted by Crippen LogP contribution is -2.47. The summed E-state index contributed by atoms with van der Waals surface area (Å²) >= 11 is 6.30. The number of aromatic nitrogens is 1. The second-order valence-electron chi connectivity index (χ2n) is 8.47. The minimum atomic E-state index is -0.340. The molecule has 1 aromatic heterocycles. The van der Waals surface area contributed by atoms with Gasteiger partial charge in [-0.05, 0) is 36.4 Å². The second-order valence-corrected chi connectivity index (χ2v) is 8.87. The number of hydrogen-bond acceptors (Lipinski definition) is 6. The number of nitrogens with zero attached hydrogens (tertiary/aromatic N) is 3. The SMILES string of the molecule is O=C(OCCN1CCN(c2ccccc2)CC1)c1ccccc1Nc1ccnc2c(Cl)cccc12. The number of esters is 1. The number of carbonyl (C=O) groups is 1. The van der Waals surface area contributed by atoms with Crippen LogP contribution in [0.3, 0.4) is 0 Å². The third-order valence-corrected chi connectivity index (χ3v) is 6.58. The fraction of sp³-hybridized carbons (Fsp3) is 0.214. The zero-order chi connectivity index (χ0) is 24.0. The Balaban J connectivity index is 1.18. The van der Waals surface area contributed by atoms with Crippen molar-refractivity contribution in [2.75, 3.05) is 49.5 Å². The average molecular weight is 487 g/mol. The predicted molar refractivity (Wildman–Crippen MR) is 142 cm³/mol. The highest BCUT2D eigenvalue weighted by Crippen LogP contribution is 2.30. The molecule has 1 fully saturated rings. The number of rotatable bonds is 7. The predicted octanol–water partition coefficient (Wildman–Crippen LogP) is 5.61. The van der Waals surface area contributed by atoms with E-state index in [0.717, 1.165) is 43.8 Å². The fourth-order valence-corrected chi connectivity index (χ4v) is 4.60. The lowest BCUT2D eigenvalue weighted by Gasteiger charge is -2.35. The lowest BCUT2D eigenvalue weighted by molar-refractivity contribution is 0.0460. The van der Waals surface area contributed by atoms with E-state index in [0.29, 0.717) is 28.4 Å². The van der Waals surface area contributed by atoms with Crippen molar-refractivity contribution in [1.29, 1.82) is 0 Å². The first-order valence-corrected chi connectivity index (χ1v) is 12.2. The van der Waals surface area contributed by atoms with Crippen LogP contribution < -0.4 is 10.2 Å². The first kappa shape index (κ1) is 23.1. The lowest BCUT2D eigenvalue weighted by atomic mass is 10.1. The van der Waals surface area contributed by atoms with Gasteiger partial charge < -0.3 is 15.0 Å². The number of anilines is 3. The molecule has 7 heteroatoms. The molecule has 0 spiro atoms. The Morgan fingerprint density at radius 3 is 2.49 bits per heavy atom. The van der Waals surface area contributed by atoms with Gasteiger partial charge in [-0.3, -0.25) is 9.88 Å². The number of benzene rings is 3. The summed E-state index contributed by atoms with van der Waals surface area (Å²) in [6.45, 7) is 4.90. The minimum absolute atomic E-state index is 0.340. The largest absolute Gasteiger partial charge is 0.461 e. The van der Waals surface area contributed by atoms with E-state index in [2.05, 4.69) is 44.4 Å². The standard InChI is InChI=1S/C28H27ClN4O2/c29-24-11-6-10-22-26(13-14-30-27(22)24)31-25-12-5-4-9-23(25)28(34)35-20-19-32-15-17-33(18-16-32)21-7-2-1-3-8-21/h1-14H,15-20H2,(H,30,31). The summed E-state index contributed by atoms with van der Waals surface area (Å²) in [6, 6.07) is 25.4. The number of pyridine rings is 1. The van der Waals surface area contributed by atoms with Crippen LogP contribution in [-0.2, 0) is 4.74 Å². The van der Waals surface area contributed by atoms with E-state index in [-0.39, 0.29) is 5.97 Å². The molecule has 1 aliphatic heterocycles. The van der Waals surface area contributed by atoms with Gasteiger partial charge in [-0.15, -0.1) is 0 Å². The van der Waals surface area contributed by atoms with Crippen molar-refractivity contribution in [2.24, 2.45) is 0 Å². The normalized spacial score (nSPS) is 14.1. The third kappa shape index (κ3) is 5.39. The molecule has 0 unspecified atom stereocenters. The molecule has 1 N–H and O–H groups in total. The highest BCUT2D eigenvalue weighted by atomic mass is 35.5. The zero-order valence-electron chi connectivity index (χ0n) is 19.4. The van der Waals surface area contributed by atoms with E-state index in [1.165, 1.54) is 5.69 Å². The number of ether oxygens (including phenoxy) is 1. The summed E-state index contributed by atoms with van der Waals surface area (Å²) in [5.41, 5.74) is 3.97. The van der Waals surface area contributed by atoms with Crippen LogP contribution in [0.25, 0.3) is 10.9 Å². The molecule has 0 aliphatic carbocycles. The number of hydrogen-bond donors (Lipinski definition) is 1. The van der Waals surface area contributed by atoms with Crippen molar-refractivity contribution in [3.63, 3.8) is 0 Å². The van der Waals surface area contributed by atoms with Crippen LogP contribution in [0.5, 0.6) is 0 Å². The molecule has 2 heterocycles. The Labute approximate surface area is 210 Å². The van der Waals surface area contributed by atoms with Crippen LogP contribution >= 0.6 is 11.6 Å². The maximum absolute atomic E-state index is 12.9. The van der Waals surface area contributed by atoms with Crippen molar-refractivity contribution in [3.8, 4) is 0 Å². The molecule has 1 saturated heterocycles. The van der Waals surface area contributed by atoms with E-state index >= 15 is 0 Å². The molecule has 5 rings (SSSR count). The van der Waals surface area contributed by atoms with Crippen molar-refractivity contribution >= 4 is 45.5 Å². The topological polar surface area (TPSA) is 57.7 Å². The van der Waals surface area contributed by atoms with Gasteiger partial charge in [-0.25, -0.2) is 4.79 Å². The van der Waals surface area contributed by atoms with Gasteiger partial charge in [0.2, 0.25) is 0 Å². The molecule has 0 amide bonds. The Hall–Kier alpha value is -3.61. The van der Waals surface area contributed by atoms with E-state index in [9.17, 15) is 4.79 Å². The second kappa shape index (κ2) is 10.8. The number of para-hydroxylation sites is 3. The summed E-state index contributed by atoms with van der Waals surface area (Å²) in [4.78, 5) is 22.0. The highest BCUT2D eigenvalue weighted by molar-refractivity contribution is 6.35. The van der Waals surface area contributed by atoms with Crippen LogP contribution in [-0.4, -0.2) is 55.2 Å². The summed E-state index contributed by atoms with van der Waals surface area (Å²) in [5.74, 6) is -0.340. The smallest absolute Gasteiger partial charge is 0.340 e. The Morgan fingerprint density at radius 2 is 1.66 bits per heavy atom. The number of halogens is 1. The fourth-order valence-electron chi connectivity index (χ4n) is 4.38. The Bertz CT molecular complexity index is 1310. The quantitative estimate of drug-likeness (QED) is 0.343. The van der Waals surface area contributed by atoms with E-state index in [1.807, 2.05) is 48.5 Å². The molecule has 1 aliphatic rings. The van der Waals surface area contributed by atoms with E-state index < -0.39 is 0 Å². The maximum Gasteiger partial charge on any atom is 0.340 e. The minimum Gasteiger partial charge on any atom is -0.461 e. The number of fused-ring (bicyclic) bond motifs is 1. The number of carbonyl (C=O) groups excluding carboxylic acids is 1. The molecule has 0 saturated carbocycles. The average Bonchev–Trinajstić information content (AvgIpc) is 2.90. The molecule has 0 bridgehead atoms. The van der Waals surface area contributed by atoms with Crippen LogP contribution in [0.1, 0.15) is 10.4 Å². The van der Waals surface area contributed by atoms with Crippen LogP contribution in [0.4, 0.5) is 17.1 Å². The van der Waals surface area contributed by atoms with E-state index in [4.69, 9.17) is 16.3 Å². The summed E-state index contributed by atoms with van der Waals surface area (Å²) in [7, 11) is 0. The van der Waals surface area contributed by atoms with Crippen molar-refractivity contribution in [1.82, 2.24) is 9.88 Å². The van der Waals surface area contributed by atoms with Crippen LogP contribution in [0.15, 0.2) is 85.1 Å². The van der Waals surface area contributed by atoms with Gasteiger partial charge in [0.15, 0.2) is 0 Å². The van der Waals surface area contributed by atoms with Crippen LogP contribution in [0.2, 0.25) is 5.02 Å². The van der Waals surface area contributed by atoms with E-state index in [1.54, 1.807) is 12.3 Å². The Kier molecular flexibility index (Phi) is 7.12. The van der Waals surface area contributed by atoms with Crippen LogP contribution in [0, 0.1) is 0 Å². The first-order chi connectivity index (χ1) is 17.2. The van der Waals surface area contributed by atoms with Gasteiger partial charge in [0.25, 0.3) is 0 Å². The Morgan fingerprint density at radius 1 is 0.886 bits per heavy atom. The summed E-state index contributed by atoms with van der Waals surface area (Å²) in [6.07, 6.45) is 1.70. The van der Waals surface area contributed by atoms with Crippen molar-refractivity contribution in [3.05, 3.63) is 95.6 Å². The molecule has 0 radical (unpaired) electrons. The van der Waals surface area contributed by atoms with Gasteiger partial charge in [-0.1, -0.05) is 54.1 Å². The monoisotopic (exact) mass is 486 g/mol. The van der Waals surface area contributed by atoms with Gasteiger partial charge in [0.1, 0.15) is 6.61 Å². The molecular formula is C28H27ClN4O2. The van der Waals surface area contributed by atoms with Crippen molar-refractivity contribution < 1.29 is 9.53 Å². The van der Waals surface area contributed by atoms with Gasteiger partial charge in [-0.2, -0.15) is 0 Å². The molecule has 35 heavy (non-hydrogen) atoms. The number of piperazine rings is 1. The molecule has 4 aromatic rings. The molecule has 0 atom stereocenters. The molecule has 6 nitrogen and oxygen atoms in total. The highest BCUT2D eigenvalue weighted by Gasteiger charge is 2.18. The number of nitrogens with one attached hydrogen (secondary N) is 1. The zero-order valence-corrected chi connectivity index (χ0v) is 20.1. The molecular weight excluding hydrogens is 460 g/mol. The molecule has 178 valence electrons. The van der Waals surface area contributed by atoms with Crippen molar-refractivity contribution in [2.45, 2.75) is 0 Å². The molecule has 3 aromatic carbocycles. The van der Waals surface area contributed by atoms with Gasteiger partial charge >= 0.3 is 5.97 Å².